The Bertz CT molecular complexity index is 632. The average molecular weight is 324 g/mol. The highest BCUT2D eigenvalue weighted by Gasteiger charge is 2.53. The van der Waals surface area contributed by atoms with Crippen LogP contribution in [0.25, 0.3) is 0 Å². The molecule has 22 heavy (non-hydrogen) atoms. The van der Waals surface area contributed by atoms with Crippen molar-refractivity contribution in [3.8, 4) is 5.75 Å². The number of nitrogens with zero attached hydrogens (tertiary/aromatic N) is 2. The van der Waals surface area contributed by atoms with Crippen molar-refractivity contribution in [2.75, 3.05) is 13.2 Å². The highest BCUT2D eigenvalue weighted by molar-refractivity contribution is 7.90. The minimum absolute atomic E-state index is 0.0824. The van der Waals surface area contributed by atoms with Gasteiger partial charge in [0.25, 0.3) is 0 Å². The maximum Gasteiger partial charge on any atom is 0.217 e. The van der Waals surface area contributed by atoms with E-state index in [4.69, 9.17) is 9.47 Å². The Morgan fingerprint density at radius 3 is 2.91 bits per heavy atom. The first-order chi connectivity index (χ1) is 10.7. The van der Waals surface area contributed by atoms with Crippen molar-refractivity contribution in [2.24, 2.45) is 0 Å². The maximum atomic E-state index is 12.7. The molecule has 0 aromatic carbocycles. The van der Waals surface area contributed by atoms with E-state index in [9.17, 15) is 8.42 Å². The van der Waals surface area contributed by atoms with Gasteiger partial charge >= 0.3 is 0 Å². The van der Waals surface area contributed by atoms with Gasteiger partial charge in [-0.15, -0.1) is 0 Å². The van der Waals surface area contributed by atoms with Crippen molar-refractivity contribution in [2.45, 2.75) is 49.2 Å². The minimum Gasteiger partial charge on any atom is -0.485 e. The van der Waals surface area contributed by atoms with Crippen molar-refractivity contribution in [1.82, 2.24) is 9.29 Å². The molecule has 1 aromatic heterocycles. The number of pyridine rings is 1. The van der Waals surface area contributed by atoms with E-state index in [0.717, 1.165) is 25.7 Å². The van der Waals surface area contributed by atoms with Gasteiger partial charge in [-0.25, -0.2) is 8.42 Å². The zero-order valence-corrected chi connectivity index (χ0v) is 13.1. The van der Waals surface area contributed by atoms with E-state index < -0.39 is 10.0 Å². The lowest BCUT2D eigenvalue weighted by Crippen LogP contribution is -2.45. The molecule has 2 saturated heterocycles. The number of aromatic nitrogens is 1. The van der Waals surface area contributed by atoms with Crippen LogP contribution < -0.4 is 4.74 Å². The van der Waals surface area contributed by atoms with E-state index in [1.54, 1.807) is 16.7 Å². The van der Waals surface area contributed by atoms with Gasteiger partial charge in [-0.1, -0.05) is 0 Å². The first kappa shape index (κ1) is 14.4. The van der Waals surface area contributed by atoms with E-state index in [0.29, 0.717) is 18.9 Å². The van der Waals surface area contributed by atoms with Crippen molar-refractivity contribution in [1.29, 1.82) is 0 Å². The fourth-order valence-corrected chi connectivity index (χ4v) is 5.49. The number of hydrogen-bond acceptors (Lipinski definition) is 5. The average Bonchev–Trinajstić information content (AvgIpc) is 3.33. The normalized spacial score (nSPS) is 32.6. The van der Waals surface area contributed by atoms with E-state index in [2.05, 4.69) is 4.98 Å². The van der Waals surface area contributed by atoms with Gasteiger partial charge in [0.05, 0.1) is 24.0 Å². The number of sulfonamides is 1. The van der Waals surface area contributed by atoms with Gasteiger partial charge in [0.1, 0.15) is 18.0 Å². The summed E-state index contributed by atoms with van der Waals surface area (Å²) in [5, 5.41) is -0.188. The van der Waals surface area contributed by atoms with Gasteiger partial charge in [-0.3, -0.25) is 4.98 Å². The lowest BCUT2D eigenvalue weighted by atomic mass is 10.0. The Hall–Kier alpha value is -1.18. The van der Waals surface area contributed by atoms with Crippen LogP contribution >= 0.6 is 0 Å². The summed E-state index contributed by atoms with van der Waals surface area (Å²) >= 11 is 0. The summed E-state index contributed by atoms with van der Waals surface area (Å²) in [7, 11) is -3.20. The minimum atomic E-state index is -3.20. The Morgan fingerprint density at radius 1 is 1.32 bits per heavy atom. The molecule has 4 rings (SSSR count). The van der Waals surface area contributed by atoms with Gasteiger partial charge in [0.15, 0.2) is 0 Å². The van der Waals surface area contributed by atoms with Gasteiger partial charge in [-0.05, 0) is 37.8 Å². The van der Waals surface area contributed by atoms with Crippen LogP contribution in [0.15, 0.2) is 24.5 Å². The van der Waals surface area contributed by atoms with Crippen LogP contribution in [-0.4, -0.2) is 54.4 Å². The van der Waals surface area contributed by atoms with E-state index in [1.165, 1.54) is 0 Å². The summed E-state index contributed by atoms with van der Waals surface area (Å²) in [5.74, 6) is 0.658. The Morgan fingerprint density at radius 2 is 2.18 bits per heavy atom. The molecule has 0 spiro atoms. The smallest absolute Gasteiger partial charge is 0.217 e. The van der Waals surface area contributed by atoms with E-state index in [-0.39, 0.29) is 23.5 Å². The molecule has 2 aliphatic heterocycles. The van der Waals surface area contributed by atoms with Crippen LogP contribution in [0.3, 0.4) is 0 Å². The van der Waals surface area contributed by atoms with E-state index in [1.807, 2.05) is 12.1 Å². The van der Waals surface area contributed by atoms with Crippen molar-refractivity contribution in [3.63, 3.8) is 0 Å². The van der Waals surface area contributed by atoms with Crippen molar-refractivity contribution >= 4 is 10.0 Å². The summed E-state index contributed by atoms with van der Waals surface area (Å²) in [6.45, 7) is 1.05. The van der Waals surface area contributed by atoms with Gasteiger partial charge in [0, 0.05) is 12.8 Å². The molecular formula is C15H20N2O4S. The Labute approximate surface area is 130 Å². The molecule has 120 valence electrons. The molecule has 0 amide bonds. The molecule has 1 saturated carbocycles. The van der Waals surface area contributed by atoms with Crippen molar-refractivity contribution < 1.29 is 17.9 Å². The lowest BCUT2D eigenvalue weighted by molar-refractivity contribution is -0.0418. The predicted molar refractivity (Wildman–Crippen MR) is 80.1 cm³/mol. The SMILES string of the molecule is O=S(=O)(C1CC1)N1C[C@H](Oc2cccnc2)[C@H]2OCCC[C@H]21. The van der Waals surface area contributed by atoms with E-state index >= 15 is 0 Å². The lowest BCUT2D eigenvalue weighted by Gasteiger charge is -2.31. The summed E-state index contributed by atoms with van der Waals surface area (Å²) in [5.41, 5.74) is 0. The monoisotopic (exact) mass is 324 g/mol. The number of rotatable bonds is 4. The third-order valence-electron chi connectivity index (χ3n) is 4.62. The number of ether oxygens (including phenoxy) is 2. The highest BCUT2D eigenvalue weighted by Crippen LogP contribution is 2.39. The third kappa shape index (κ3) is 2.51. The van der Waals surface area contributed by atoms with Crippen LogP contribution in [0, 0.1) is 0 Å². The first-order valence-electron chi connectivity index (χ1n) is 7.85. The molecule has 3 atom stereocenters. The van der Waals surface area contributed by atoms with Crippen LogP contribution in [-0.2, 0) is 14.8 Å². The molecule has 0 radical (unpaired) electrons. The predicted octanol–water partition coefficient (Wildman–Crippen LogP) is 1.18. The van der Waals surface area contributed by atoms with Crippen LogP contribution in [0.1, 0.15) is 25.7 Å². The molecular weight excluding hydrogens is 304 g/mol. The fraction of sp³-hybridized carbons (Fsp3) is 0.667. The molecule has 3 aliphatic rings. The molecule has 0 unspecified atom stereocenters. The van der Waals surface area contributed by atoms with Gasteiger partial charge in [0.2, 0.25) is 10.0 Å². The summed E-state index contributed by atoms with van der Waals surface area (Å²) < 4.78 is 38.8. The molecule has 1 aromatic rings. The molecule has 7 heteroatoms. The number of hydrogen-bond donors (Lipinski definition) is 0. The highest BCUT2D eigenvalue weighted by atomic mass is 32.2. The van der Waals surface area contributed by atoms with Crippen LogP contribution in [0.5, 0.6) is 5.75 Å². The zero-order chi connectivity index (χ0) is 15.2. The molecule has 0 bridgehead atoms. The molecule has 6 nitrogen and oxygen atoms in total. The van der Waals surface area contributed by atoms with Gasteiger partial charge in [-0.2, -0.15) is 4.31 Å². The molecule has 1 aliphatic carbocycles. The third-order valence-corrected chi connectivity index (χ3v) is 7.01. The Balaban J connectivity index is 1.57. The second-order valence-electron chi connectivity index (χ2n) is 6.20. The van der Waals surface area contributed by atoms with Crippen molar-refractivity contribution in [3.05, 3.63) is 24.5 Å². The zero-order valence-electron chi connectivity index (χ0n) is 12.3. The van der Waals surface area contributed by atoms with Gasteiger partial charge < -0.3 is 9.47 Å². The maximum absolute atomic E-state index is 12.7. The summed E-state index contributed by atoms with van der Waals surface area (Å²) in [4.78, 5) is 4.04. The topological polar surface area (TPSA) is 68.7 Å². The molecule has 0 N–H and O–H groups in total. The fourth-order valence-electron chi connectivity index (χ4n) is 3.41. The first-order valence-corrected chi connectivity index (χ1v) is 9.35. The largest absolute Gasteiger partial charge is 0.485 e. The molecule has 3 heterocycles. The second-order valence-corrected chi connectivity index (χ2v) is 8.37. The van der Waals surface area contributed by atoms with Crippen LogP contribution in [0.4, 0.5) is 0 Å². The second kappa shape index (κ2) is 5.47. The molecule has 3 fully saturated rings. The number of fused-ring (bicyclic) bond motifs is 1. The van der Waals surface area contributed by atoms with Crippen LogP contribution in [0.2, 0.25) is 0 Å². The summed E-state index contributed by atoms with van der Waals surface area (Å²) in [6, 6.07) is 3.56. The summed E-state index contributed by atoms with van der Waals surface area (Å²) in [6.07, 6.45) is 6.21. The standard InChI is InChI=1S/C15H20N2O4S/c18-22(19,12-5-6-12)17-10-14(15-13(17)4-2-8-20-15)21-11-3-1-7-16-9-11/h1,3,7,9,12-15H,2,4-6,8,10H2/t13-,14+,15+/m1/s1. The quantitative estimate of drug-likeness (QED) is 0.832. The Kier molecular flexibility index (Phi) is 3.58.